The number of nitrogens with one attached hydrogen (secondary N) is 2. The zero-order valence-electron chi connectivity index (χ0n) is 9.58. The van der Waals surface area contributed by atoms with Crippen molar-refractivity contribution in [2.45, 2.75) is 39.7 Å². The van der Waals surface area contributed by atoms with Crippen LogP contribution in [0.2, 0.25) is 0 Å². The normalized spacial score (nSPS) is 14.6. The Bertz CT molecular complexity index is 295. The highest BCUT2D eigenvalue weighted by atomic mass is 16.1. The molecule has 15 heavy (non-hydrogen) atoms. The number of carbonyl (C=O) groups is 1. The number of H-pyrrole nitrogens is 1. The van der Waals surface area contributed by atoms with Crippen LogP contribution in [0.4, 0.5) is 0 Å². The Morgan fingerprint density at radius 2 is 2.33 bits per heavy atom. The third-order valence-corrected chi connectivity index (χ3v) is 2.54. The molecule has 1 aromatic heterocycles. The molecule has 0 aliphatic heterocycles. The summed E-state index contributed by atoms with van der Waals surface area (Å²) in [7, 11) is 0. The molecule has 0 aliphatic carbocycles. The summed E-state index contributed by atoms with van der Waals surface area (Å²) in [5.74, 6) is 1.33. The first kappa shape index (κ1) is 11.8. The molecular weight excluding hydrogens is 190 g/mol. The van der Waals surface area contributed by atoms with Crippen LogP contribution < -0.4 is 5.32 Å². The predicted molar refractivity (Wildman–Crippen MR) is 59.2 cm³/mol. The topological polar surface area (TPSA) is 57.8 Å². The van der Waals surface area contributed by atoms with Gasteiger partial charge in [0.2, 0.25) is 5.91 Å². The van der Waals surface area contributed by atoms with E-state index in [9.17, 15) is 4.79 Å². The molecule has 1 amide bonds. The van der Waals surface area contributed by atoms with Crippen LogP contribution in [0, 0.1) is 5.92 Å². The van der Waals surface area contributed by atoms with Crippen LogP contribution in [-0.4, -0.2) is 15.9 Å². The summed E-state index contributed by atoms with van der Waals surface area (Å²) in [6.07, 6.45) is 5.06. The van der Waals surface area contributed by atoms with Crippen molar-refractivity contribution in [3.05, 3.63) is 18.2 Å². The fourth-order valence-corrected chi connectivity index (χ4v) is 1.34. The van der Waals surface area contributed by atoms with Gasteiger partial charge in [0, 0.05) is 18.8 Å². The van der Waals surface area contributed by atoms with Crippen LogP contribution in [0.5, 0.6) is 0 Å². The molecule has 1 rings (SSSR count). The van der Waals surface area contributed by atoms with Crippen LogP contribution in [0.3, 0.4) is 0 Å². The quantitative estimate of drug-likeness (QED) is 0.779. The average molecular weight is 209 g/mol. The van der Waals surface area contributed by atoms with E-state index in [0.717, 1.165) is 12.2 Å². The van der Waals surface area contributed by atoms with Crippen LogP contribution in [0.15, 0.2) is 12.4 Å². The number of amides is 1. The predicted octanol–water partition coefficient (Wildman–Crippen LogP) is 2.02. The van der Waals surface area contributed by atoms with E-state index in [0.29, 0.717) is 12.3 Å². The fourth-order valence-electron chi connectivity index (χ4n) is 1.34. The Hall–Kier alpha value is -1.32. The number of imidazole rings is 1. The second-order valence-corrected chi connectivity index (χ2v) is 3.98. The Morgan fingerprint density at radius 3 is 2.87 bits per heavy atom. The maximum atomic E-state index is 11.6. The first-order valence-corrected chi connectivity index (χ1v) is 5.42. The summed E-state index contributed by atoms with van der Waals surface area (Å²) in [5.41, 5.74) is 0. The number of rotatable bonds is 5. The number of nitrogens with zero attached hydrogens (tertiary/aromatic N) is 1. The van der Waals surface area contributed by atoms with Gasteiger partial charge in [0.1, 0.15) is 5.82 Å². The van der Waals surface area contributed by atoms with Crippen molar-refractivity contribution >= 4 is 5.91 Å². The van der Waals surface area contributed by atoms with Gasteiger partial charge < -0.3 is 10.3 Å². The first-order chi connectivity index (χ1) is 7.13. The minimum absolute atomic E-state index is 0.0449. The summed E-state index contributed by atoms with van der Waals surface area (Å²) in [5, 5.41) is 2.91. The molecular formula is C11H19N3O. The van der Waals surface area contributed by atoms with Crippen molar-refractivity contribution in [1.82, 2.24) is 15.3 Å². The zero-order valence-corrected chi connectivity index (χ0v) is 9.58. The molecule has 2 unspecified atom stereocenters. The molecule has 0 saturated carbocycles. The van der Waals surface area contributed by atoms with Gasteiger partial charge in [-0.25, -0.2) is 4.98 Å². The number of aromatic nitrogens is 2. The van der Waals surface area contributed by atoms with Crippen molar-refractivity contribution in [3.63, 3.8) is 0 Å². The van der Waals surface area contributed by atoms with Gasteiger partial charge in [-0.05, 0) is 12.8 Å². The summed E-state index contributed by atoms with van der Waals surface area (Å²) in [6, 6.07) is -0.0449. The lowest BCUT2D eigenvalue weighted by Crippen LogP contribution is -2.28. The molecule has 84 valence electrons. The molecule has 0 bridgehead atoms. The summed E-state index contributed by atoms with van der Waals surface area (Å²) < 4.78 is 0. The van der Waals surface area contributed by atoms with E-state index in [1.54, 1.807) is 12.4 Å². The minimum Gasteiger partial charge on any atom is -0.347 e. The van der Waals surface area contributed by atoms with E-state index >= 15 is 0 Å². The van der Waals surface area contributed by atoms with Crippen LogP contribution in [0.1, 0.15) is 45.5 Å². The van der Waals surface area contributed by atoms with E-state index in [1.807, 2.05) is 6.92 Å². The fraction of sp³-hybridized carbons (Fsp3) is 0.636. The lowest BCUT2D eigenvalue weighted by Gasteiger charge is -2.13. The second kappa shape index (κ2) is 5.53. The van der Waals surface area contributed by atoms with Gasteiger partial charge in [0.15, 0.2) is 0 Å². The van der Waals surface area contributed by atoms with Crippen molar-refractivity contribution in [2.24, 2.45) is 5.92 Å². The van der Waals surface area contributed by atoms with Gasteiger partial charge in [0.25, 0.3) is 0 Å². The molecule has 2 N–H and O–H groups in total. The summed E-state index contributed by atoms with van der Waals surface area (Å²) in [6.45, 7) is 6.10. The van der Waals surface area contributed by atoms with Gasteiger partial charge in [-0.3, -0.25) is 4.79 Å². The third-order valence-electron chi connectivity index (χ3n) is 2.54. The highest BCUT2D eigenvalue weighted by Gasteiger charge is 2.12. The van der Waals surface area contributed by atoms with Gasteiger partial charge in [-0.2, -0.15) is 0 Å². The highest BCUT2D eigenvalue weighted by Crippen LogP contribution is 2.09. The zero-order chi connectivity index (χ0) is 11.3. The van der Waals surface area contributed by atoms with Crippen LogP contribution in [-0.2, 0) is 4.79 Å². The van der Waals surface area contributed by atoms with Crippen LogP contribution >= 0.6 is 0 Å². The molecule has 4 nitrogen and oxygen atoms in total. The van der Waals surface area contributed by atoms with Gasteiger partial charge in [0.05, 0.1) is 6.04 Å². The van der Waals surface area contributed by atoms with Crippen molar-refractivity contribution in [2.75, 3.05) is 0 Å². The smallest absolute Gasteiger partial charge is 0.220 e. The van der Waals surface area contributed by atoms with E-state index in [1.165, 1.54) is 0 Å². The lowest BCUT2D eigenvalue weighted by atomic mass is 10.0. The van der Waals surface area contributed by atoms with Crippen LogP contribution in [0.25, 0.3) is 0 Å². The van der Waals surface area contributed by atoms with Gasteiger partial charge in [-0.1, -0.05) is 20.3 Å². The summed E-state index contributed by atoms with van der Waals surface area (Å²) >= 11 is 0. The Balaban J connectivity index is 2.38. The average Bonchev–Trinajstić information content (AvgIpc) is 2.70. The highest BCUT2D eigenvalue weighted by molar-refractivity contribution is 5.76. The van der Waals surface area contributed by atoms with E-state index < -0.39 is 0 Å². The van der Waals surface area contributed by atoms with E-state index in [4.69, 9.17) is 0 Å². The first-order valence-electron chi connectivity index (χ1n) is 5.42. The number of carbonyl (C=O) groups excluding carboxylic acids is 1. The molecule has 2 atom stereocenters. The Labute approximate surface area is 90.5 Å². The minimum atomic E-state index is -0.0449. The lowest BCUT2D eigenvalue weighted by molar-refractivity contribution is -0.122. The maximum absolute atomic E-state index is 11.6. The second-order valence-electron chi connectivity index (χ2n) is 3.98. The van der Waals surface area contributed by atoms with Gasteiger partial charge >= 0.3 is 0 Å². The molecule has 0 aromatic carbocycles. The van der Waals surface area contributed by atoms with Crippen molar-refractivity contribution in [1.29, 1.82) is 0 Å². The molecule has 4 heteroatoms. The number of hydrogen-bond donors (Lipinski definition) is 2. The molecule has 1 aromatic rings. The maximum Gasteiger partial charge on any atom is 0.220 e. The molecule has 0 saturated heterocycles. The monoisotopic (exact) mass is 209 g/mol. The largest absolute Gasteiger partial charge is 0.347 e. The van der Waals surface area contributed by atoms with Gasteiger partial charge in [-0.15, -0.1) is 0 Å². The summed E-state index contributed by atoms with van der Waals surface area (Å²) in [4.78, 5) is 18.6. The molecule has 1 heterocycles. The van der Waals surface area contributed by atoms with Crippen molar-refractivity contribution < 1.29 is 4.79 Å². The molecule has 0 spiro atoms. The molecule has 0 fully saturated rings. The standard InChI is InChI=1S/C11H19N3O/c1-4-8(2)7-10(15)14-9(3)11-12-5-6-13-11/h5-6,8-9H,4,7H2,1-3H3,(H,12,13)(H,14,15). The number of hydrogen-bond acceptors (Lipinski definition) is 2. The van der Waals surface area contributed by atoms with E-state index in [2.05, 4.69) is 29.1 Å². The molecule has 0 aliphatic rings. The Morgan fingerprint density at radius 1 is 1.60 bits per heavy atom. The van der Waals surface area contributed by atoms with E-state index in [-0.39, 0.29) is 11.9 Å². The van der Waals surface area contributed by atoms with Crippen molar-refractivity contribution in [3.8, 4) is 0 Å². The Kier molecular flexibility index (Phi) is 4.34. The SMILES string of the molecule is CCC(C)CC(=O)NC(C)c1ncc[nH]1. The third kappa shape index (κ3) is 3.73. The molecule has 0 radical (unpaired) electrons. The number of aromatic amines is 1.